The van der Waals surface area contributed by atoms with E-state index in [0.717, 1.165) is 5.03 Å². The van der Waals surface area contributed by atoms with Gasteiger partial charge in [-0.3, -0.25) is 0 Å². The van der Waals surface area contributed by atoms with Crippen molar-refractivity contribution in [3.63, 3.8) is 0 Å². The van der Waals surface area contributed by atoms with Crippen LogP contribution in [0.4, 0.5) is 0 Å². The van der Waals surface area contributed by atoms with Crippen LogP contribution < -0.4 is 0 Å². The minimum atomic E-state index is -0.0886. The van der Waals surface area contributed by atoms with E-state index in [2.05, 4.69) is 9.97 Å². The molecule has 0 saturated heterocycles. The van der Waals surface area contributed by atoms with Crippen LogP contribution >= 0.6 is 23.4 Å². The summed E-state index contributed by atoms with van der Waals surface area (Å²) in [5, 5.41) is 11.1. The predicted octanol–water partition coefficient (Wildman–Crippen LogP) is 3.05. The first-order valence-corrected chi connectivity index (χ1v) is 6.84. The van der Waals surface area contributed by atoms with Crippen molar-refractivity contribution in [1.29, 1.82) is 0 Å². The quantitative estimate of drug-likeness (QED) is 0.847. The van der Waals surface area contributed by atoms with Gasteiger partial charge in [0.2, 0.25) is 0 Å². The van der Waals surface area contributed by atoms with Crippen molar-refractivity contribution >= 4 is 23.4 Å². The average molecular weight is 259 g/mol. The van der Waals surface area contributed by atoms with E-state index in [1.165, 1.54) is 38.4 Å². The molecule has 1 aliphatic carbocycles. The number of aliphatic hydroxyl groups excluding tert-OH is 1. The van der Waals surface area contributed by atoms with Crippen LogP contribution in [0.3, 0.4) is 0 Å². The lowest BCUT2D eigenvalue weighted by Gasteiger charge is -2.21. The summed E-state index contributed by atoms with van der Waals surface area (Å²) < 4.78 is 0. The van der Waals surface area contributed by atoms with Gasteiger partial charge in [0.15, 0.2) is 0 Å². The number of hydrogen-bond acceptors (Lipinski definition) is 4. The highest BCUT2D eigenvalue weighted by molar-refractivity contribution is 7.99. The second-order valence-corrected chi connectivity index (χ2v) is 5.63. The smallest absolute Gasteiger partial charge is 0.139 e. The summed E-state index contributed by atoms with van der Waals surface area (Å²) in [6.45, 7) is -0.0886. The molecule has 0 unspecified atom stereocenters. The Kier molecular flexibility index (Phi) is 4.44. The molecule has 88 valence electrons. The van der Waals surface area contributed by atoms with Crippen LogP contribution in [-0.4, -0.2) is 20.3 Å². The molecular formula is C11H15ClN2OS. The lowest BCUT2D eigenvalue weighted by molar-refractivity contribution is 0.277. The zero-order valence-electron chi connectivity index (χ0n) is 9.03. The van der Waals surface area contributed by atoms with Crippen molar-refractivity contribution in [2.24, 2.45) is 0 Å². The number of hydrogen-bond donors (Lipinski definition) is 1. The summed E-state index contributed by atoms with van der Waals surface area (Å²) in [6, 6.07) is 0. The molecule has 1 aromatic heterocycles. The molecule has 0 atom stereocenters. The van der Waals surface area contributed by atoms with Gasteiger partial charge in [-0.2, -0.15) is 0 Å². The maximum Gasteiger partial charge on any atom is 0.139 e. The number of nitrogens with zero attached hydrogens (tertiary/aromatic N) is 2. The van der Waals surface area contributed by atoms with Crippen molar-refractivity contribution in [1.82, 2.24) is 9.97 Å². The molecule has 1 fully saturated rings. The summed E-state index contributed by atoms with van der Waals surface area (Å²) in [5.41, 5.74) is 0.666. The van der Waals surface area contributed by atoms with E-state index in [0.29, 0.717) is 16.0 Å². The predicted molar refractivity (Wildman–Crippen MR) is 65.7 cm³/mol. The lowest BCUT2D eigenvalue weighted by Crippen LogP contribution is -2.09. The Morgan fingerprint density at radius 3 is 2.75 bits per heavy atom. The summed E-state index contributed by atoms with van der Waals surface area (Å²) in [7, 11) is 0. The maximum atomic E-state index is 9.25. The minimum Gasteiger partial charge on any atom is -0.391 e. The molecule has 3 nitrogen and oxygen atoms in total. The van der Waals surface area contributed by atoms with Crippen LogP contribution in [-0.2, 0) is 6.61 Å². The Balaban J connectivity index is 2.10. The molecule has 1 saturated carbocycles. The van der Waals surface area contributed by atoms with Gasteiger partial charge in [0.1, 0.15) is 16.5 Å². The zero-order chi connectivity index (χ0) is 11.4. The van der Waals surface area contributed by atoms with E-state index in [9.17, 15) is 5.11 Å². The Labute approximate surface area is 105 Å². The van der Waals surface area contributed by atoms with Gasteiger partial charge in [-0.1, -0.05) is 30.9 Å². The van der Waals surface area contributed by atoms with Gasteiger partial charge in [-0.25, -0.2) is 9.97 Å². The first-order chi connectivity index (χ1) is 7.81. The number of rotatable bonds is 3. The van der Waals surface area contributed by atoms with Crippen LogP contribution in [0.5, 0.6) is 0 Å². The number of halogens is 1. The van der Waals surface area contributed by atoms with Gasteiger partial charge >= 0.3 is 0 Å². The summed E-state index contributed by atoms with van der Waals surface area (Å²) in [5.74, 6) is 0. The molecule has 1 heterocycles. The normalized spacial score (nSPS) is 17.6. The van der Waals surface area contributed by atoms with Crippen LogP contribution in [0.1, 0.15) is 37.7 Å². The van der Waals surface area contributed by atoms with E-state index < -0.39 is 0 Å². The second-order valence-electron chi connectivity index (χ2n) is 3.98. The summed E-state index contributed by atoms with van der Waals surface area (Å²) in [6.07, 6.45) is 7.87. The Morgan fingerprint density at radius 1 is 1.31 bits per heavy atom. The third-order valence-electron chi connectivity index (χ3n) is 2.84. The highest BCUT2D eigenvalue weighted by Gasteiger charge is 2.18. The highest BCUT2D eigenvalue weighted by Crippen LogP contribution is 2.35. The maximum absolute atomic E-state index is 9.25. The fraction of sp³-hybridized carbons (Fsp3) is 0.636. The Bertz CT molecular complexity index is 356. The number of aromatic nitrogens is 2. The Morgan fingerprint density at radius 2 is 2.06 bits per heavy atom. The molecule has 5 heteroatoms. The molecule has 2 rings (SSSR count). The van der Waals surface area contributed by atoms with E-state index in [4.69, 9.17) is 11.6 Å². The highest BCUT2D eigenvalue weighted by atomic mass is 35.5. The molecular weight excluding hydrogens is 244 g/mol. The number of thioether (sulfide) groups is 1. The van der Waals surface area contributed by atoms with Crippen molar-refractivity contribution in [3.05, 3.63) is 17.0 Å². The lowest BCUT2D eigenvalue weighted by atomic mass is 10.0. The average Bonchev–Trinajstić information content (AvgIpc) is 2.31. The monoisotopic (exact) mass is 258 g/mol. The first-order valence-electron chi connectivity index (χ1n) is 5.58. The molecule has 0 aromatic carbocycles. The molecule has 0 aliphatic heterocycles. The van der Waals surface area contributed by atoms with Gasteiger partial charge in [-0.05, 0) is 12.8 Å². The summed E-state index contributed by atoms with van der Waals surface area (Å²) >= 11 is 7.66. The van der Waals surface area contributed by atoms with Crippen LogP contribution in [0.25, 0.3) is 0 Å². The molecule has 0 spiro atoms. The molecule has 0 bridgehead atoms. The first kappa shape index (κ1) is 12.1. The van der Waals surface area contributed by atoms with Gasteiger partial charge < -0.3 is 5.11 Å². The third-order valence-corrected chi connectivity index (χ3v) is 4.55. The molecule has 0 amide bonds. The van der Waals surface area contributed by atoms with Crippen molar-refractivity contribution in [2.75, 3.05) is 0 Å². The fourth-order valence-electron chi connectivity index (χ4n) is 1.95. The standard InChI is InChI=1S/C11H15ClN2OS/c12-10-9(6-15)11(14-7-13-10)16-8-4-2-1-3-5-8/h7-8,15H,1-6H2. The zero-order valence-corrected chi connectivity index (χ0v) is 10.6. The molecule has 1 N–H and O–H groups in total. The minimum absolute atomic E-state index is 0.0886. The number of aliphatic hydroxyl groups is 1. The van der Waals surface area contributed by atoms with Gasteiger partial charge in [0, 0.05) is 10.8 Å². The molecule has 1 aliphatic rings. The van der Waals surface area contributed by atoms with Crippen molar-refractivity contribution < 1.29 is 5.11 Å². The molecule has 16 heavy (non-hydrogen) atoms. The van der Waals surface area contributed by atoms with E-state index >= 15 is 0 Å². The summed E-state index contributed by atoms with van der Waals surface area (Å²) in [4.78, 5) is 8.10. The van der Waals surface area contributed by atoms with E-state index in [1.54, 1.807) is 11.8 Å². The van der Waals surface area contributed by atoms with Crippen LogP contribution in [0.2, 0.25) is 5.15 Å². The second kappa shape index (κ2) is 5.84. The van der Waals surface area contributed by atoms with Gasteiger partial charge in [0.25, 0.3) is 0 Å². The SMILES string of the molecule is OCc1c(Cl)ncnc1SC1CCCCC1. The van der Waals surface area contributed by atoms with E-state index in [-0.39, 0.29) is 6.61 Å². The van der Waals surface area contributed by atoms with Crippen molar-refractivity contribution in [2.45, 2.75) is 49.0 Å². The topological polar surface area (TPSA) is 46.0 Å². The van der Waals surface area contributed by atoms with Crippen LogP contribution in [0, 0.1) is 0 Å². The Hall–Kier alpha value is -0.320. The van der Waals surface area contributed by atoms with Gasteiger partial charge in [-0.15, -0.1) is 11.8 Å². The van der Waals surface area contributed by atoms with Gasteiger partial charge in [0.05, 0.1) is 6.61 Å². The largest absolute Gasteiger partial charge is 0.391 e. The van der Waals surface area contributed by atoms with Crippen molar-refractivity contribution in [3.8, 4) is 0 Å². The fourth-order valence-corrected chi connectivity index (χ4v) is 3.50. The van der Waals surface area contributed by atoms with Crippen LogP contribution in [0.15, 0.2) is 11.4 Å². The molecule has 0 radical (unpaired) electrons. The third kappa shape index (κ3) is 2.87. The van der Waals surface area contributed by atoms with E-state index in [1.807, 2.05) is 0 Å². The molecule has 1 aromatic rings.